The molecule has 3 nitrogen and oxygen atoms in total. The highest BCUT2D eigenvalue weighted by Crippen LogP contribution is 2.15. The Bertz CT molecular complexity index is 306. The fraction of sp³-hybridized carbons (Fsp3) is 0.600. The first-order valence-corrected chi connectivity index (χ1v) is 7.60. The molecule has 0 aromatic heterocycles. The van der Waals surface area contributed by atoms with Crippen molar-refractivity contribution in [3.63, 3.8) is 0 Å². The minimum absolute atomic E-state index is 0.0737. The topological polar surface area (TPSA) is 52.5 Å². The Morgan fingerprint density at radius 1 is 1.16 bits per heavy atom. The Morgan fingerprint density at radius 2 is 1.68 bits per heavy atom. The molecular formula is C15H29NO2S. The minimum atomic E-state index is 0.0737. The largest absolute Gasteiger partial charge is 0.508 e. The summed E-state index contributed by atoms with van der Waals surface area (Å²) >= 11 is 3.53. The van der Waals surface area contributed by atoms with Crippen LogP contribution >= 0.6 is 12.6 Å². The van der Waals surface area contributed by atoms with Gasteiger partial charge in [-0.05, 0) is 18.2 Å². The smallest absolute Gasteiger partial charge is 0.120 e. The van der Waals surface area contributed by atoms with Crippen molar-refractivity contribution < 1.29 is 10.2 Å². The van der Waals surface area contributed by atoms with Gasteiger partial charge in [0.15, 0.2) is 0 Å². The van der Waals surface area contributed by atoms with Gasteiger partial charge < -0.3 is 15.5 Å². The summed E-state index contributed by atoms with van der Waals surface area (Å²) in [5.74, 6) is 0.673. The molecule has 0 heterocycles. The first-order chi connectivity index (χ1) is 9.15. The third-order valence-electron chi connectivity index (χ3n) is 2.55. The van der Waals surface area contributed by atoms with Crippen molar-refractivity contribution in [2.75, 3.05) is 12.9 Å². The van der Waals surface area contributed by atoms with E-state index >= 15 is 0 Å². The molecule has 1 aromatic rings. The third kappa shape index (κ3) is 8.92. The predicted octanol–water partition coefficient (Wildman–Crippen LogP) is 3.07. The van der Waals surface area contributed by atoms with Crippen LogP contribution in [0.4, 0.5) is 0 Å². The molecule has 1 aromatic carbocycles. The van der Waals surface area contributed by atoms with E-state index in [0.29, 0.717) is 18.2 Å². The summed E-state index contributed by atoms with van der Waals surface area (Å²) in [7, 11) is 0. The van der Waals surface area contributed by atoms with Gasteiger partial charge in [-0.3, -0.25) is 0 Å². The number of benzene rings is 1. The lowest BCUT2D eigenvalue weighted by Gasteiger charge is -2.20. The molecule has 0 radical (unpaired) electrons. The summed E-state index contributed by atoms with van der Waals surface area (Å²) in [6.07, 6.45) is 1.69. The van der Waals surface area contributed by atoms with E-state index in [1.165, 1.54) is 0 Å². The van der Waals surface area contributed by atoms with Crippen molar-refractivity contribution in [2.24, 2.45) is 5.92 Å². The van der Waals surface area contributed by atoms with Crippen molar-refractivity contribution in [3.8, 4) is 5.75 Å². The number of phenols is 1. The van der Waals surface area contributed by atoms with Crippen molar-refractivity contribution in [3.05, 3.63) is 29.8 Å². The van der Waals surface area contributed by atoms with E-state index in [1.54, 1.807) is 18.4 Å². The zero-order valence-corrected chi connectivity index (χ0v) is 13.6. The molecule has 0 amide bonds. The Balaban J connectivity index is 0. The van der Waals surface area contributed by atoms with Gasteiger partial charge in [-0.2, -0.15) is 12.6 Å². The van der Waals surface area contributed by atoms with Crippen molar-refractivity contribution >= 4 is 12.6 Å². The average molecular weight is 287 g/mol. The number of aromatic hydroxyl groups is 1. The molecule has 1 atom stereocenters. The molecular weight excluding hydrogens is 258 g/mol. The molecule has 1 unspecified atom stereocenters. The molecule has 0 aliphatic rings. The SMILES string of the molecule is CC.CC(C)C(CO)NCc1ccccc1O.CS. The minimum Gasteiger partial charge on any atom is -0.508 e. The van der Waals surface area contributed by atoms with E-state index in [-0.39, 0.29) is 12.6 Å². The number of nitrogens with one attached hydrogen (secondary N) is 1. The van der Waals surface area contributed by atoms with Gasteiger partial charge in [0.2, 0.25) is 0 Å². The van der Waals surface area contributed by atoms with Crippen LogP contribution < -0.4 is 5.32 Å². The van der Waals surface area contributed by atoms with Crippen LogP contribution in [-0.4, -0.2) is 29.1 Å². The lowest BCUT2D eigenvalue weighted by molar-refractivity contribution is 0.209. The lowest BCUT2D eigenvalue weighted by Crippen LogP contribution is -2.36. The molecule has 0 saturated carbocycles. The second kappa shape index (κ2) is 13.7. The van der Waals surface area contributed by atoms with Crippen LogP contribution in [0.5, 0.6) is 5.75 Å². The second-order valence-electron chi connectivity index (χ2n) is 4.04. The van der Waals surface area contributed by atoms with Crippen LogP contribution in [0.3, 0.4) is 0 Å². The molecule has 0 fully saturated rings. The first-order valence-electron chi connectivity index (χ1n) is 6.71. The predicted molar refractivity (Wildman–Crippen MR) is 86.9 cm³/mol. The van der Waals surface area contributed by atoms with Crippen LogP contribution in [0.1, 0.15) is 33.3 Å². The number of para-hydroxylation sites is 1. The second-order valence-corrected chi connectivity index (χ2v) is 4.04. The Labute approximate surface area is 123 Å². The standard InChI is InChI=1S/C12H19NO2.C2H6.CH4S/c1-9(2)11(8-14)13-7-10-5-3-4-6-12(10)15;2*1-2/h3-6,9,11,13-15H,7-8H2,1-2H3;1-2H3;2H,1H3. The third-order valence-corrected chi connectivity index (χ3v) is 2.55. The van der Waals surface area contributed by atoms with E-state index in [2.05, 4.69) is 31.8 Å². The van der Waals surface area contributed by atoms with Crippen LogP contribution in [0.15, 0.2) is 24.3 Å². The summed E-state index contributed by atoms with van der Waals surface area (Å²) in [5.41, 5.74) is 0.858. The molecule has 1 rings (SSSR count). The quantitative estimate of drug-likeness (QED) is 0.630. The fourth-order valence-electron chi connectivity index (χ4n) is 1.41. The summed E-state index contributed by atoms with van der Waals surface area (Å²) in [6.45, 7) is 8.80. The lowest BCUT2D eigenvalue weighted by atomic mass is 10.0. The molecule has 0 saturated heterocycles. The highest BCUT2D eigenvalue weighted by atomic mass is 32.1. The van der Waals surface area contributed by atoms with Gasteiger partial charge in [0.1, 0.15) is 5.75 Å². The Hall–Kier alpha value is -0.710. The van der Waals surface area contributed by atoms with Crippen LogP contribution in [0.25, 0.3) is 0 Å². The summed E-state index contributed by atoms with van der Waals surface area (Å²) < 4.78 is 0. The fourth-order valence-corrected chi connectivity index (χ4v) is 1.41. The summed E-state index contributed by atoms with van der Waals surface area (Å²) in [6, 6.07) is 7.30. The monoisotopic (exact) mass is 287 g/mol. The van der Waals surface area contributed by atoms with Crippen molar-refractivity contribution in [1.82, 2.24) is 5.32 Å². The maximum atomic E-state index is 9.53. The van der Waals surface area contributed by atoms with Crippen LogP contribution in [0, 0.1) is 5.92 Å². The van der Waals surface area contributed by atoms with Gasteiger partial charge >= 0.3 is 0 Å². The van der Waals surface area contributed by atoms with E-state index < -0.39 is 0 Å². The molecule has 0 bridgehead atoms. The number of aliphatic hydroxyl groups excluding tert-OH is 1. The molecule has 0 spiro atoms. The maximum Gasteiger partial charge on any atom is 0.120 e. The highest BCUT2D eigenvalue weighted by Gasteiger charge is 2.11. The van der Waals surface area contributed by atoms with Gasteiger partial charge in [-0.25, -0.2) is 0 Å². The summed E-state index contributed by atoms with van der Waals surface area (Å²) in [5, 5.41) is 21.9. The molecule has 19 heavy (non-hydrogen) atoms. The number of rotatable bonds is 5. The molecule has 0 aliphatic heterocycles. The number of aliphatic hydroxyl groups is 1. The Morgan fingerprint density at radius 3 is 2.11 bits per heavy atom. The van der Waals surface area contributed by atoms with Gasteiger partial charge in [-0.15, -0.1) is 0 Å². The van der Waals surface area contributed by atoms with Crippen LogP contribution in [-0.2, 0) is 6.54 Å². The van der Waals surface area contributed by atoms with Gasteiger partial charge in [0.25, 0.3) is 0 Å². The highest BCUT2D eigenvalue weighted by molar-refractivity contribution is 7.79. The molecule has 3 N–H and O–H groups in total. The number of phenolic OH excluding ortho intramolecular Hbond substituents is 1. The maximum absolute atomic E-state index is 9.53. The number of thiol groups is 1. The molecule has 4 heteroatoms. The molecule has 112 valence electrons. The summed E-state index contributed by atoms with van der Waals surface area (Å²) in [4.78, 5) is 0. The van der Waals surface area contributed by atoms with E-state index in [1.807, 2.05) is 26.0 Å². The normalized spacial score (nSPS) is 10.9. The van der Waals surface area contributed by atoms with E-state index in [4.69, 9.17) is 5.11 Å². The first kappa shape index (κ1) is 20.6. The average Bonchev–Trinajstić information content (AvgIpc) is 2.45. The van der Waals surface area contributed by atoms with Gasteiger partial charge in [0.05, 0.1) is 6.61 Å². The number of hydrogen-bond acceptors (Lipinski definition) is 4. The van der Waals surface area contributed by atoms with Gasteiger partial charge in [-0.1, -0.05) is 45.9 Å². The van der Waals surface area contributed by atoms with E-state index in [9.17, 15) is 5.11 Å². The molecule has 0 aliphatic carbocycles. The Kier molecular flexibility index (Phi) is 14.9. The van der Waals surface area contributed by atoms with Crippen LogP contribution in [0.2, 0.25) is 0 Å². The van der Waals surface area contributed by atoms with Crippen molar-refractivity contribution in [2.45, 2.75) is 40.3 Å². The zero-order chi connectivity index (χ0) is 15.3. The van der Waals surface area contributed by atoms with Gasteiger partial charge in [0, 0.05) is 18.2 Å². The van der Waals surface area contributed by atoms with Crippen molar-refractivity contribution in [1.29, 1.82) is 0 Å². The zero-order valence-electron chi connectivity index (χ0n) is 12.7. The number of hydrogen-bond donors (Lipinski definition) is 4. The van der Waals surface area contributed by atoms with E-state index in [0.717, 1.165) is 5.56 Å².